The van der Waals surface area contributed by atoms with Gasteiger partial charge in [0.05, 0.1) is 23.3 Å². The van der Waals surface area contributed by atoms with Crippen LogP contribution in [0.1, 0.15) is 5.69 Å². The van der Waals surface area contributed by atoms with E-state index in [-0.39, 0.29) is 30.5 Å². The number of halogens is 1. The van der Waals surface area contributed by atoms with E-state index in [2.05, 4.69) is 26.3 Å². The molecule has 7 nitrogen and oxygen atoms in total. The van der Waals surface area contributed by atoms with Crippen molar-refractivity contribution in [3.8, 4) is 0 Å². The average molecular weight is 443 g/mol. The highest BCUT2D eigenvalue weighted by molar-refractivity contribution is 9.10. The molecule has 1 aromatic heterocycles. The maximum atomic E-state index is 12.6. The lowest BCUT2D eigenvalue weighted by Crippen LogP contribution is -2.39. The zero-order valence-electron chi connectivity index (χ0n) is 15.5. The number of nitrogens with one attached hydrogen (secondary N) is 1. The lowest BCUT2D eigenvalue weighted by molar-refractivity contribution is -0.134. The Morgan fingerprint density at radius 2 is 1.75 bits per heavy atom. The Hall–Kier alpha value is -3.00. The molecule has 0 aliphatic rings. The predicted octanol–water partition coefficient (Wildman–Crippen LogP) is 2.56. The molecular weight excluding hydrogens is 424 g/mol. The van der Waals surface area contributed by atoms with Gasteiger partial charge in [0, 0.05) is 16.9 Å². The summed E-state index contributed by atoms with van der Waals surface area (Å²) < 4.78 is 1.89. The van der Waals surface area contributed by atoms with Crippen LogP contribution in [0.4, 0.5) is 5.69 Å². The van der Waals surface area contributed by atoms with E-state index in [1.54, 1.807) is 31.2 Å². The van der Waals surface area contributed by atoms with Crippen molar-refractivity contribution in [2.75, 3.05) is 18.9 Å². The minimum Gasteiger partial charge on any atom is -0.335 e. The second-order valence-electron chi connectivity index (χ2n) is 6.37. The SMILES string of the molecule is Cc1nn(CC(=O)N(C)CC(=O)Nc2ccccc2Br)c(=O)c2ccccc12. The first-order valence-corrected chi connectivity index (χ1v) is 9.41. The number of carbonyl (C=O) groups excluding carboxylic acids is 2. The molecule has 144 valence electrons. The standard InChI is InChI=1S/C20H19BrN4O3/c1-13-14-7-3-4-8-15(14)20(28)25(23-13)12-19(27)24(2)11-18(26)22-17-10-6-5-9-16(17)21/h3-10H,11-12H2,1-2H3,(H,22,26). The number of carbonyl (C=O) groups is 2. The molecule has 1 heterocycles. The largest absolute Gasteiger partial charge is 0.335 e. The summed E-state index contributed by atoms with van der Waals surface area (Å²) in [5.74, 6) is -0.718. The van der Waals surface area contributed by atoms with Crippen LogP contribution in [0.25, 0.3) is 10.8 Å². The van der Waals surface area contributed by atoms with Gasteiger partial charge in [0.15, 0.2) is 0 Å². The topological polar surface area (TPSA) is 84.3 Å². The number of para-hydroxylation sites is 1. The molecule has 0 radical (unpaired) electrons. The molecule has 2 aromatic carbocycles. The summed E-state index contributed by atoms with van der Waals surface area (Å²) >= 11 is 3.36. The fourth-order valence-corrected chi connectivity index (χ4v) is 3.20. The summed E-state index contributed by atoms with van der Waals surface area (Å²) in [5.41, 5.74) is 0.953. The highest BCUT2D eigenvalue weighted by atomic mass is 79.9. The van der Waals surface area contributed by atoms with Gasteiger partial charge in [0.1, 0.15) is 6.54 Å². The number of anilines is 1. The Labute approximate surface area is 170 Å². The van der Waals surface area contributed by atoms with Crippen molar-refractivity contribution in [1.82, 2.24) is 14.7 Å². The molecule has 0 saturated heterocycles. The second kappa shape index (κ2) is 8.35. The fourth-order valence-electron chi connectivity index (χ4n) is 2.82. The third-order valence-electron chi connectivity index (χ3n) is 4.29. The first-order valence-electron chi connectivity index (χ1n) is 8.61. The summed E-state index contributed by atoms with van der Waals surface area (Å²) in [5, 5.41) is 8.24. The molecule has 1 N–H and O–H groups in total. The van der Waals surface area contributed by atoms with Crippen LogP contribution in [-0.2, 0) is 16.1 Å². The molecule has 3 aromatic rings. The van der Waals surface area contributed by atoms with E-state index in [0.29, 0.717) is 16.8 Å². The summed E-state index contributed by atoms with van der Waals surface area (Å²) in [6.07, 6.45) is 0. The second-order valence-corrected chi connectivity index (χ2v) is 7.23. The van der Waals surface area contributed by atoms with Gasteiger partial charge in [-0.25, -0.2) is 4.68 Å². The number of aromatic nitrogens is 2. The first-order chi connectivity index (χ1) is 13.4. The first kappa shape index (κ1) is 19.8. The highest BCUT2D eigenvalue weighted by Gasteiger charge is 2.16. The van der Waals surface area contributed by atoms with Gasteiger partial charge in [0.25, 0.3) is 5.56 Å². The van der Waals surface area contributed by atoms with Crippen molar-refractivity contribution >= 4 is 44.2 Å². The number of hydrogen-bond acceptors (Lipinski definition) is 4. The number of nitrogens with zero attached hydrogens (tertiary/aromatic N) is 3. The zero-order chi connectivity index (χ0) is 20.3. The molecular formula is C20H19BrN4O3. The van der Waals surface area contributed by atoms with Gasteiger partial charge in [0.2, 0.25) is 11.8 Å². The van der Waals surface area contributed by atoms with Crippen LogP contribution in [0.3, 0.4) is 0 Å². The van der Waals surface area contributed by atoms with E-state index < -0.39 is 0 Å². The molecule has 2 amide bonds. The van der Waals surface area contributed by atoms with Crippen molar-refractivity contribution < 1.29 is 9.59 Å². The van der Waals surface area contributed by atoms with Crippen molar-refractivity contribution in [1.29, 1.82) is 0 Å². The molecule has 8 heteroatoms. The van der Waals surface area contributed by atoms with Crippen molar-refractivity contribution in [3.63, 3.8) is 0 Å². The Balaban J connectivity index is 1.70. The number of amides is 2. The van der Waals surface area contributed by atoms with Crippen LogP contribution in [-0.4, -0.2) is 40.1 Å². The molecule has 3 rings (SSSR count). The number of fused-ring (bicyclic) bond motifs is 1. The quantitative estimate of drug-likeness (QED) is 0.657. The number of hydrogen-bond donors (Lipinski definition) is 1. The van der Waals surface area contributed by atoms with Crippen LogP contribution in [0, 0.1) is 6.92 Å². The maximum Gasteiger partial charge on any atom is 0.275 e. The highest BCUT2D eigenvalue weighted by Crippen LogP contribution is 2.21. The predicted molar refractivity (Wildman–Crippen MR) is 111 cm³/mol. The minimum atomic E-state index is -0.383. The molecule has 0 aliphatic carbocycles. The molecule has 0 saturated carbocycles. The van der Waals surface area contributed by atoms with Gasteiger partial charge in [-0.3, -0.25) is 14.4 Å². The van der Waals surface area contributed by atoms with Crippen LogP contribution in [0.2, 0.25) is 0 Å². The molecule has 0 spiro atoms. The van der Waals surface area contributed by atoms with Gasteiger partial charge < -0.3 is 10.2 Å². The molecule has 0 aliphatic heterocycles. The minimum absolute atomic E-state index is 0.137. The lowest BCUT2D eigenvalue weighted by atomic mass is 10.1. The van der Waals surface area contributed by atoms with Crippen molar-refractivity contribution in [2.45, 2.75) is 13.5 Å². The Bertz CT molecular complexity index is 1110. The summed E-state index contributed by atoms with van der Waals surface area (Å²) in [6, 6.07) is 14.3. The zero-order valence-corrected chi connectivity index (χ0v) is 17.1. The lowest BCUT2D eigenvalue weighted by Gasteiger charge is -2.18. The van der Waals surface area contributed by atoms with Crippen molar-refractivity contribution in [3.05, 3.63) is 69.1 Å². The normalized spacial score (nSPS) is 10.7. The van der Waals surface area contributed by atoms with Crippen LogP contribution in [0.5, 0.6) is 0 Å². The number of likely N-dealkylation sites (N-methyl/N-ethyl adjacent to an activating group) is 1. The van der Waals surface area contributed by atoms with E-state index >= 15 is 0 Å². The number of aryl methyl sites for hydroxylation is 1. The monoisotopic (exact) mass is 442 g/mol. The van der Waals surface area contributed by atoms with Gasteiger partial charge in [-0.15, -0.1) is 0 Å². The summed E-state index contributed by atoms with van der Waals surface area (Å²) in [7, 11) is 1.51. The molecule has 0 atom stereocenters. The number of benzene rings is 2. The van der Waals surface area contributed by atoms with Crippen molar-refractivity contribution in [2.24, 2.45) is 0 Å². The maximum absolute atomic E-state index is 12.6. The van der Waals surface area contributed by atoms with Gasteiger partial charge in [-0.05, 0) is 41.1 Å². The number of rotatable bonds is 5. The van der Waals surface area contributed by atoms with Gasteiger partial charge >= 0.3 is 0 Å². The fraction of sp³-hybridized carbons (Fsp3) is 0.200. The van der Waals surface area contributed by atoms with Crippen LogP contribution in [0.15, 0.2) is 57.8 Å². The third kappa shape index (κ3) is 4.28. The summed E-state index contributed by atoms with van der Waals surface area (Å²) in [4.78, 5) is 38.6. The average Bonchev–Trinajstić information content (AvgIpc) is 2.67. The van der Waals surface area contributed by atoms with Crippen LogP contribution >= 0.6 is 15.9 Å². The van der Waals surface area contributed by atoms with E-state index in [1.807, 2.05) is 24.3 Å². The smallest absolute Gasteiger partial charge is 0.275 e. The van der Waals surface area contributed by atoms with E-state index in [1.165, 1.54) is 11.9 Å². The van der Waals surface area contributed by atoms with Gasteiger partial charge in [-0.2, -0.15) is 5.10 Å². The Kier molecular flexibility index (Phi) is 5.89. The molecule has 0 unspecified atom stereocenters. The third-order valence-corrected chi connectivity index (χ3v) is 4.98. The van der Waals surface area contributed by atoms with Gasteiger partial charge in [-0.1, -0.05) is 30.3 Å². The van der Waals surface area contributed by atoms with E-state index in [0.717, 1.165) is 14.5 Å². The Morgan fingerprint density at radius 1 is 1.11 bits per heavy atom. The summed E-state index contributed by atoms with van der Waals surface area (Å²) in [6.45, 7) is 1.42. The molecule has 0 fully saturated rings. The Morgan fingerprint density at radius 3 is 2.46 bits per heavy atom. The molecule has 28 heavy (non-hydrogen) atoms. The van der Waals surface area contributed by atoms with Crippen LogP contribution < -0.4 is 10.9 Å². The molecule has 0 bridgehead atoms. The van der Waals surface area contributed by atoms with E-state index in [9.17, 15) is 14.4 Å². The van der Waals surface area contributed by atoms with E-state index in [4.69, 9.17) is 0 Å².